The van der Waals surface area contributed by atoms with Gasteiger partial charge in [-0.1, -0.05) is 6.58 Å². The molecule has 1 aliphatic heterocycles. The van der Waals surface area contributed by atoms with E-state index < -0.39 is 0 Å². The number of nitrogens with zero attached hydrogens (tertiary/aromatic N) is 1. The molecular weight excluding hydrogens is 315 g/mol. The Morgan fingerprint density at radius 1 is 1.31 bits per heavy atom. The Morgan fingerprint density at radius 3 is 2.56 bits per heavy atom. The van der Waals surface area contributed by atoms with E-state index in [1.807, 2.05) is 28.8 Å². The molecule has 3 nitrogen and oxygen atoms in total. The van der Waals surface area contributed by atoms with E-state index in [9.17, 15) is 0 Å². The summed E-state index contributed by atoms with van der Waals surface area (Å²) < 4.78 is 6.13. The normalized spacial score (nSPS) is 18.2. The van der Waals surface area contributed by atoms with Crippen molar-refractivity contribution in [3.8, 4) is 0 Å². The van der Waals surface area contributed by atoms with E-state index in [2.05, 4.69) is 11.5 Å². The van der Waals surface area contributed by atoms with Crippen molar-refractivity contribution in [2.45, 2.75) is 12.8 Å². The predicted molar refractivity (Wildman–Crippen MR) is 75.6 cm³/mol. The number of halogens is 1. The van der Waals surface area contributed by atoms with Gasteiger partial charge < -0.3 is 15.4 Å². The van der Waals surface area contributed by atoms with E-state index >= 15 is 0 Å². The van der Waals surface area contributed by atoms with E-state index in [4.69, 9.17) is 10.5 Å². The summed E-state index contributed by atoms with van der Waals surface area (Å²) in [7, 11) is 0. The van der Waals surface area contributed by atoms with Crippen molar-refractivity contribution in [3.63, 3.8) is 0 Å². The highest BCUT2D eigenvalue weighted by atomic mass is 127. The lowest BCUT2D eigenvalue weighted by atomic mass is 10.4. The summed E-state index contributed by atoms with van der Waals surface area (Å²) in [6, 6.07) is 0. The highest BCUT2D eigenvalue weighted by Gasteiger charge is 2.05. The molecule has 0 amide bonds. The van der Waals surface area contributed by atoms with Crippen LogP contribution in [0.3, 0.4) is 0 Å². The van der Waals surface area contributed by atoms with Crippen molar-refractivity contribution in [3.05, 3.63) is 46.7 Å². The molecule has 16 heavy (non-hydrogen) atoms. The minimum absolute atomic E-state index is 0.690. The Morgan fingerprint density at radius 2 is 2.00 bits per heavy atom. The quantitative estimate of drug-likeness (QED) is 0.364. The number of rotatable bonds is 5. The van der Waals surface area contributed by atoms with E-state index in [0.29, 0.717) is 9.46 Å². The molecule has 1 fully saturated rings. The second-order valence-corrected chi connectivity index (χ2v) is 4.72. The molecule has 0 unspecified atom stereocenters. The first kappa shape index (κ1) is 13.2. The van der Waals surface area contributed by atoms with Crippen LogP contribution in [0.4, 0.5) is 0 Å². The van der Waals surface area contributed by atoms with Crippen LogP contribution < -0.4 is 5.73 Å². The average Bonchev–Trinajstić information content (AvgIpc) is 2.75. The minimum atomic E-state index is 0.690. The lowest BCUT2D eigenvalue weighted by Crippen LogP contribution is -2.10. The molecule has 2 N–H and O–H groups in total. The number of ether oxygens (including phenoxy) is 1. The average molecular weight is 332 g/mol. The molecule has 0 atom stereocenters. The van der Waals surface area contributed by atoms with Crippen molar-refractivity contribution >= 4 is 22.6 Å². The lowest BCUT2D eigenvalue weighted by Gasteiger charge is -2.09. The van der Waals surface area contributed by atoms with Crippen LogP contribution in [0, 0.1) is 0 Å². The molecule has 0 aliphatic carbocycles. The van der Waals surface area contributed by atoms with Gasteiger partial charge in [-0.2, -0.15) is 0 Å². The second kappa shape index (κ2) is 7.38. The van der Waals surface area contributed by atoms with Crippen LogP contribution in [0.1, 0.15) is 12.8 Å². The van der Waals surface area contributed by atoms with Crippen LogP contribution in [0.25, 0.3) is 0 Å². The second-order valence-electron chi connectivity index (χ2n) is 3.47. The van der Waals surface area contributed by atoms with Gasteiger partial charge >= 0.3 is 0 Å². The fourth-order valence-electron chi connectivity index (χ4n) is 1.40. The number of allylic oxidation sites excluding steroid dienone is 3. The smallest absolute Gasteiger partial charge is 0.126 e. The van der Waals surface area contributed by atoms with Gasteiger partial charge in [0.05, 0.1) is 3.70 Å². The number of likely N-dealkylation sites (tertiary alicyclic amines) is 1. The lowest BCUT2D eigenvalue weighted by molar-refractivity contribution is 0.349. The summed E-state index contributed by atoms with van der Waals surface area (Å²) in [5.74, 6) is 0.690. The number of nitrogens with two attached hydrogens (primary N) is 1. The molecule has 0 spiro atoms. The summed E-state index contributed by atoms with van der Waals surface area (Å²) in [6.45, 7) is 5.91. The Hall–Kier alpha value is -0.910. The van der Waals surface area contributed by atoms with Gasteiger partial charge in [0, 0.05) is 19.3 Å². The minimum Gasteiger partial charge on any atom is -0.464 e. The molecule has 0 radical (unpaired) electrons. The zero-order valence-electron chi connectivity index (χ0n) is 9.23. The van der Waals surface area contributed by atoms with E-state index in [0.717, 1.165) is 13.1 Å². The van der Waals surface area contributed by atoms with E-state index in [-0.39, 0.29) is 0 Å². The molecule has 1 saturated heterocycles. The van der Waals surface area contributed by atoms with Crippen LogP contribution in [0.15, 0.2) is 46.7 Å². The maximum atomic E-state index is 5.51. The topological polar surface area (TPSA) is 38.5 Å². The van der Waals surface area contributed by atoms with Gasteiger partial charge in [-0.15, -0.1) is 0 Å². The summed E-state index contributed by atoms with van der Waals surface area (Å²) >= 11 is 2.04. The number of hydrogen-bond acceptors (Lipinski definition) is 3. The molecule has 1 heterocycles. The molecule has 0 bridgehead atoms. The standard InChI is InChI=1S/C12H17IN2O/c1-2-11(5-6-12(13)14)16-10-9-15-7-3-4-8-15/h2,5-6,9-10H,1,3-4,7-8,14H2/b10-9+,11-5+,12-6-. The van der Waals surface area contributed by atoms with Crippen LogP contribution in [-0.2, 0) is 4.74 Å². The van der Waals surface area contributed by atoms with Crippen molar-refractivity contribution in [2.24, 2.45) is 5.73 Å². The largest absolute Gasteiger partial charge is 0.464 e. The van der Waals surface area contributed by atoms with Gasteiger partial charge in [0.1, 0.15) is 12.0 Å². The van der Waals surface area contributed by atoms with E-state index in [1.165, 1.54) is 12.8 Å². The Kier molecular flexibility index (Phi) is 6.07. The summed E-state index contributed by atoms with van der Waals surface area (Å²) in [6.07, 6.45) is 11.4. The van der Waals surface area contributed by atoms with Gasteiger partial charge in [-0.3, -0.25) is 0 Å². The molecular formula is C12H17IN2O. The molecule has 1 aliphatic rings. The monoisotopic (exact) mass is 332 g/mol. The van der Waals surface area contributed by atoms with Gasteiger partial charge in [-0.25, -0.2) is 0 Å². The van der Waals surface area contributed by atoms with Gasteiger partial charge in [-0.05, 0) is 53.7 Å². The van der Waals surface area contributed by atoms with Crippen LogP contribution in [0.5, 0.6) is 0 Å². The zero-order chi connectivity index (χ0) is 11.8. The third-order valence-corrected chi connectivity index (χ3v) is 2.58. The SMILES string of the molecule is C=C/C(=C\C=C(/N)I)O/C=C/N1CCCC1. The van der Waals surface area contributed by atoms with Crippen LogP contribution in [-0.4, -0.2) is 18.0 Å². The predicted octanol–water partition coefficient (Wildman–Crippen LogP) is 2.88. The van der Waals surface area contributed by atoms with Crippen LogP contribution >= 0.6 is 22.6 Å². The maximum Gasteiger partial charge on any atom is 0.126 e. The van der Waals surface area contributed by atoms with Gasteiger partial charge in [0.25, 0.3) is 0 Å². The van der Waals surface area contributed by atoms with Crippen molar-refractivity contribution in [1.82, 2.24) is 4.90 Å². The van der Waals surface area contributed by atoms with Crippen molar-refractivity contribution in [2.75, 3.05) is 13.1 Å². The molecule has 88 valence electrons. The summed E-state index contributed by atoms with van der Waals surface area (Å²) in [4.78, 5) is 2.24. The molecule has 0 saturated carbocycles. The summed E-state index contributed by atoms with van der Waals surface area (Å²) in [5, 5.41) is 0. The fourth-order valence-corrected chi connectivity index (χ4v) is 1.58. The molecule has 0 aromatic rings. The highest BCUT2D eigenvalue weighted by Crippen LogP contribution is 2.08. The molecule has 4 heteroatoms. The maximum absolute atomic E-state index is 5.51. The van der Waals surface area contributed by atoms with Crippen molar-refractivity contribution in [1.29, 1.82) is 0 Å². The van der Waals surface area contributed by atoms with E-state index in [1.54, 1.807) is 24.5 Å². The Balaban J connectivity index is 2.41. The molecule has 0 aromatic heterocycles. The first-order valence-electron chi connectivity index (χ1n) is 5.25. The molecule has 0 aromatic carbocycles. The third kappa shape index (κ3) is 5.25. The first-order valence-corrected chi connectivity index (χ1v) is 6.33. The first-order chi connectivity index (χ1) is 7.72. The van der Waals surface area contributed by atoms with Gasteiger partial charge in [0.15, 0.2) is 0 Å². The van der Waals surface area contributed by atoms with Crippen molar-refractivity contribution < 1.29 is 4.74 Å². The molecule has 1 rings (SSSR count). The van der Waals surface area contributed by atoms with Crippen LogP contribution in [0.2, 0.25) is 0 Å². The summed E-state index contributed by atoms with van der Waals surface area (Å²) in [5.41, 5.74) is 5.51. The number of hydrogen-bond donors (Lipinski definition) is 1. The zero-order valence-corrected chi connectivity index (χ0v) is 11.4. The fraction of sp³-hybridized carbons (Fsp3) is 0.333. The Bertz CT molecular complexity index is 311. The Labute approximate surface area is 110 Å². The van der Waals surface area contributed by atoms with Gasteiger partial charge in [0.2, 0.25) is 0 Å². The highest BCUT2D eigenvalue weighted by molar-refractivity contribution is 14.1. The third-order valence-electron chi connectivity index (χ3n) is 2.22.